The molecular formula is C14H16N2O2. The number of aryl methyl sites for hydroxylation is 1. The van der Waals surface area contributed by atoms with Crippen LogP contribution in [-0.2, 0) is 4.79 Å². The first-order chi connectivity index (χ1) is 8.72. The highest BCUT2D eigenvalue weighted by Crippen LogP contribution is 2.24. The first-order valence-electron chi connectivity index (χ1n) is 5.97. The summed E-state index contributed by atoms with van der Waals surface area (Å²) in [6, 6.07) is 7.62. The van der Waals surface area contributed by atoms with E-state index in [1.807, 2.05) is 31.2 Å². The highest BCUT2D eigenvalue weighted by Gasteiger charge is 2.07. The predicted octanol–water partition coefficient (Wildman–Crippen LogP) is 2.25. The first-order valence-corrected chi connectivity index (χ1v) is 5.97. The smallest absolute Gasteiger partial charge is 0.224 e. The number of aromatic nitrogens is 1. The summed E-state index contributed by atoms with van der Waals surface area (Å²) in [5.74, 6) is -0.0851. The van der Waals surface area contributed by atoms with E-state index < -0.39 is 0 Å². The summed E-state index contributed by atoms with van der Waals surface area (Å²) in [7, 11) is 0. The average molecular weight is 244 g/mol. The van der Waals surface area contributed by atoms with Gasteiger partial charge in [0.15, 0.2) is 0 Å². The van der Waals surface area contributed by atoms with Crippen molar-refractivity contribution < 1.29 is 9.90 Å². The number of pyridine rings is 1. The van der Waals surface area contributed by atoms with E-state index in [0.717, 1.165) is 22.2 Å². The lowest BCUT2D eigenvalue weighted by Crippen LogP contribution is -2.12. The molecule has 1 aromatic heterocycles. The minimum Gasteiger partial charge on any atom is -0.396 e. The van der Waals surface area contributed by atoms with Crippen LogP contribution in [0.15, 0.2) is 30.5 Å². The lowest BCUT2D eigenvalue weighted by atomic mass is 10.1. The molecule has 2 N–H and O–H groups in total. The van der Waals surface area contributed by atoms with Crippen molar-refractivity contribution in [3.8, 4) is 0 Å². The SMILES string of the molecule is Cc1ccc(NC(=O)CCCO)c2cccnc12. The zero-order valence-corrected chi connectivity index (χ0v) is 10.3. The quantitative estimate of drug-likeness (QED) is 0.867. The van der Waals surface area contributed by atoms with E-state index in [1.54, 1.807) is 6.20 Å². The molecule has 0 atom stereocenters. The van der Waals surface area contributed by atoms with Gasteiger partial charge in [0.05, 0.1) is 11.2 Å². The van der Waals surface area contributed by atoms with Crippen molar-refractivity contribution in [3.05, 3.63) is 36.0 Å². The Balaban J connectivity index is 2.29. The van der Waals surface area contributed by atoms with Crippen LogP contribution >= 0.6 is 0 Å². The molecule has 4 nitrogen and oxygen atoms in total. The Bertz CT molecular complexity index is 567. The van der Waals surface area contributed by atoms with Crippen molar-refractivity contribution in [2.45, 2.75) is 19.8 Å². The molecule has 1 heterocycles. The monoisotopic (exact) mass is 244 g/mol. The van der Waals surface area contributed by atoms with Crippen LogP contribution in [0.4, 0.5) is 5.69 Å². The maximum absolute atomic E-state index is 11.7. The molecule has 2 aromatic rings. The van der Waals surface area contributed by atoms with Crippen LogP contribution in [0.5, 0.6) is 0 Å². The second kappa shape index (κ2) is 5.60. The van der Waals surface area contributed by atoms with Gasteiger partial charge in [-0.05, 0) is 37.1 Å². The predicted molar refractivity (Wildman–Crippen MR) is 71.4 cm³/mol. The third-order valence-corrected chi connectivity index (χ3v) is 2.81. The highest BCUT2D eigenvalue weighted by molar-refractivity contribution is 6.01. The van der Waals surface area contributed by atoms with Gasteiger partial charge in [0.1, 0.15) is 0 Å². The lowest BCUT2D eigenvalue weighted by molar-refractivity contribution is -0.116. The number of aliphatic hydroxyl groups excluding tert-OH is 1. The molecule has 0 aliphatic rings. The van der Waals surface area contributed by atoms with E-state index in [-0.39, 0.29) is 12.5 Å². The number of amides is 1. The van der Waals surface area contributed by atoms with Crippen LogP contribution in [0.3, 0.4) is 0 Å². The third-order valence-electron chi connectivity index (χ3n) is 2.81. The van der Waals surface area contributed by atoms with E-state index in [0.29, 0.717) is 12.8 Å². The van der Waals surface area contributed by atoms with Gasteiger partial charge >= 0.3 is 0 Å². The van der Waals surface area contributed by atoms with Gasteiger partial charge < -0.3 is 10.4 Å². The molecule has 1 amide bonds. The van der Waals surface area contributed by atoms with Crippen molar-refractivity contribution in [1.29, 1.82) is 0 Å². The molecule has 0 fully saturated rings. The standard InChI is InChI=1S/C14H16N2O2/c1-10-6-7-12(16-13(18)5-3-9-17)11-4-2-8-15-14(10)11/h2,4,6-8,17H,3,5,9H2,1H3,(H,16,18). The molecule has 0 spiro atoms. The Labute approximate surface area is 106 Å². The Morgan fingerprint density at radius 3 is 3.00 bits per heavy atom. The topological polar surface area (TPSA) is 62.2 Å². The number of fused-ring (bicyclic) bond motifs is 1. The fourth-order valence-electron chi connectivity index (χ4n) is 1.88. The van der Waals surface area contributed by atoms with Crippen molar-refractivity contribution in [2.24, 2.45) is 0 Å². The van der Waals surface area contributed by atoms with Crippen molar-refractivity contribution in [2.75, 3.05) is 11.9 Å². The van der Waals surface area contributed by atoms with Gasteiger partial charge in [-0.3, -0.25) is 9.78 Å². The minimum atomic E-state index is -0.0851. The second-order valence-electron chi connectivity index (χ2n) is 4.20. The number of benzene rings is 1. The number of anilines is 1. The molecule has 0 bridgehead atoms. The van der Waals surface area contributed by atoms with Gasteiger partial charge in [-0.25, -0.2) is 0 Å². The molecule has 0 aliphatic heterocycles. The number of carbonyl (C=O) groups excluding carboxylic acids is 1. The van der Waals surface area contributed by atoms with Crippen molar-refractivity contribution in [1.82, 2.24) is 4.98 Å². The molecule has 4 heteroatoms. The summed E-state index contributed by atoms with van der Waals surface area (Å²) < 4.78 is 0. The Hall–Kier alpha value is -1.94. The van der Waals surface area contributed by atoms with E-state index >= 15 is 0 Å². The molecule has 0 saturated heterocycles. The maximum Gasteiger partial charge on any atom is 0.224 e. The van der Waals surface area contributed by atoms with Gasteiger partial charge in [-0.15, -0.1) is 0 Å². The number of hydrogen-bond acceptors (Lipinski definition) is 3. The molecule has 0 saturated carbocycles. The van der Waals surface area contributed by atoms with Crippen LogP contribution in [0, 0.1) is 6.92 Å². The van der Waals surface area contributed by atoms with Crippen molar-refractivity contribution >= 4 is 22.5 Å². The second-order valence-corrected chi connectivity index (χ2v) is 4.20. The normalized spacial score (nSPS) is 10.6. The largest absolute Gasteiger partial charge is 0.396 e. The number of carbonyl (C=O) groups is 1. The van der Waals surface area contributed by atoms with Crippen LogP contribution in [0.25, 0.3) is 10.9 Å². The summed E-state index contributed by atoms with van der Waals surface area (Å²) in [6.45, 7) is 2.02. The molecule has 94 valence electrons. The number of nitrogens with one attached hydrogen (secondary N) is 1. The number of nitrogens with zero attached hydrogens (tertiary/aromatic N) is 1. The van der Waals surface area contributed by atoms with Crippen LogP contribution in [-0.4, -0.2) is 22.6 Å². The summed E-state index contributed by atoms with van der Waals surface area (Å²) >= 11 is 0. The van der Waals surface area contributed by atoms with Crippen LogP contribution in [0.2, 0.25) is 0 Å². The highest BCUT2D eigenvalue weighted by atomic mass is 16.3. The summed E-state index contributed by atoms with van der Waals surface area (Å²) in [5.41, 5.74) is 2.75. The van der Waals surface area contributed by atoms with Crippen LogP contribution in [0.1, 0.15) is 18.4 Å². The zero-order chi connectivity index (χ0) is 13.0. The average Bonchev–Trinajstić information content (AvgIpc) is 2.40. The Morgan fingerprint density at radius 2 is 2.22 bits per heavy atom. The van der Waals surface area contributed by atoms with Crippen LogP contribution < -0.4 is 5.32 Å². The molecule has 0 radical (unpaired) electrons. The molecule has 0 unspecified atom stereocenters. The van der Waals surface area contributed by atoms with E-state index in [9.17, 15) is 4.79 Å². The fraction of sp³-hybridized carbons (Fsp3) is 0.286. The summed E-state index contributed by atoms with van der Waals surface area (Å²) in [5, 5.41) is 12.5. The molecular weight excluding hydrogens is 228 g/mol. The fourth-order valence-corrected chi connectivity index (χ4v) is 1.88. The Morgan fingerprint density at radius 1 is 1.39 bits per heavy atom. The lowest BCUT2D eigenvalue weighted by Gasteiger charge is -2.09. The third kappa shape index (κ3) is 2.65. The van der Waals surface area contributed by atoms with Gasteiger partial charge in [-0.2, -0.15) is 0 Å². The van der Waals surface area contributed by atoms with E-state index in [2.05, 4.69) is 10.3 Å². The van der Waals surface area contributed by atoms with Gasteiger partial charge in [0.25, 0.3) is 0 Å². The van der Waals surface area contributed by atoms with Gasteiger partial charge in [-0.1, -0.05) is 6.07 Å². The van der Waals surface area contributed by atoms with Gasteiger partial charge in [0, 0.05) is 24.6 Å². The molecule has 18 heavy (non-hydrogen) atoms. The maximum atomic E-state index is 11.7. The van der Waals surface area contributed by atoms with Gasteiger partial charge in [0.2, 0.25) is 5.91 Å². The van der Waals surface area contributed by atoms with E-state index in [1.165, 1.54) is 0 Å². The number of aliphatic hydroxyl groups is 1. The summed E-state index contributed by atoms with van der Waals surface area (Å²) in [6.07, 6.45) is 2.55. The number of rotatable bonds is 4. The Kier molecular flexibility index (Phi) is 3.89. The number of hydrogen-bond donors (Lipinski definition) is 2. The summed E-state index contributed by atoms with van der Waals surface area (Å²) in [4.78, 5) is 16.0. The zero-order valence-electron chi connectivity index (χ0n) is 10.3. The molecule has 2 rings (SSSR count). The van der Waals surface area contributed by atoms with E-state index in [4.69, 9.17) is 5.11 Å². The molecule has 1 aromatic carbocycles. The minimum absolute atomic E-state index is 0.0314. The molecule has 0 aliphatic carbocycles. The first kappa shape index (κ1) is 12.5. The van der Waals surface area contributed by atoms with Crippen molar-refractivity contribution in [3.63, 3.8) is 0 Å².